The summed E-state index contributed by atoms with van der Waals surface area (Å²) >= 11 is 0. The van der Waals surface area contributed by atoms with Gasteiger partial charge in [0.2, 0.25) is 0 Å². The van der Waals surface area contributed by atoms with Crippen LogP contribution >= 0.6 is 0 Å². The Balaban J connectivity index is 0.00000625. The van der Waals surface area contributed by atoms with Gasteiger partial charge in [0.25, 0.3) is 0 Å². The van der Waals surface area contributed by atoms with Crippen molar-refractivity contribution in [3.05, 3.63) is 29.8 Å². The van der Waals surface area contributed by atoms with Crippen molar-refractivity contribution in [2.45, 2.75) is 116 Å². The number of hydrogen-bond donors (Lipinski definition) is 1. The summed E-state index contributed by atoms with van der Waals surface area (Å²) < 4.78 is 0. The van der Waals surface area contributed by atoms with Crippen LogP contribution in [0.2, 0.25) is 0 Å². The number of rotatable bonds is 17. The SMILES string of the molecule is CCCCCCCCCCCCCCCCCCc1ccccc1O.[KH]. The Morgan fingerprint density at radius 2 is 0.962 bits per heavy atom. The Morgan fingerprint density at radius 1 is 0.577 bits per heavy atom. The van der Waals surface area contributed by atoms with Gasteiger partial charge in [-0.1, -0.05) is 121 Å². The molecule has 1 aromatic carbocycles. The first-order valence-corrected chi connectivity index (χ1v) is 11.1. The third-order valence-corrected chi connectivity index (χ3v) is 5.29. The maximum atomic E-state index is 9.74. The van der Waals surface area contributed by atoms with Crippen LogP contribution < -0.4 is 0 Å². The maximum absolute atomic E-state index is 9.74. The zero-order valence-electron chi connectivity index (χ0n) is 16.8. The van der Waals surface area contributed by atoms with Crippen LogP contribution in [0.4, 0.5) is 0 Å². The van der Waals surface area contributed by atoms with Gasteiger partial charge in [0.1, 0.15) is 5.75 Å². The number of unbranched alkanes of at least 4 members (excludes halogenated alkanes) is 15. The molecule has 146 valence electrons. The van der Waals surface area contributed by atoms with Crippen molar-refractivity contribution in [3.8, 4) is 5.75 Å². The minimum atomic E-state index is 0. The van der Waals surface area contributed by atoms with Gasteiger partial charge in [-0.25, -0.2) is 0 Å². The van der Waals surface area contributed by atoms with E-state index in [1.165, 1.54) is 103 Å². The van der Waals surface area contributed by atoms with Crippen molar-refractivity contribution in [1.29, 1.82) is 0 Å². The topological polar surface area (TPSA) is 20.2 Å². The van der Waals surface area contributed by atoms with Crippen molar-refractivity contribution in [1.82, 2.24) is 0 Å². The van der Waals surface area contributed by atoms with Gasteiger partial charge < -0.3 is 5.11 Å². The van der Waals surface area contributed by atoms with Crippen molar-refractivity contribution in [2.24, 2.45) is 0 Å². The first kappa shape index (κ1) is 26.7. The van der Waals surface area contributed by atoms with Gasteiger partial charge in [-0.3, -0.25) is 0 Å². The van der Waals surface area contributed by atoms with Gasteiger partial charge in [0, 0.05) is 0 Å². The third-order valence-electron chi connectivity index (χ3n) is 5.29. The number of aromatic hydroxyl groups is 1. The summed E-state index contributed by atoms with van der Waals surface area (Å²) in [4.78, 5) is 0. The van der Waals surface area contributed by atoms with Gasteiger partial charge >= 0.3 is 51.4 Å². The standard InChI is InChI=1S/C24H42O.K.H/c1-2-3-4-5-6-7-8-9-10-11-12-13-14-15-16-17-20-23-21-18-19-22-24(23)25;;/h18-19,21-22,25H,2-17,20H2,1H3;;. The van der Waals surface area contributed by atoms with E-state index in [1.54, 1.807) is 6.07 Å². The van der Waals surface area contributed by atoms with E-state index < -0.39 is 0 Å². The average molecular weight is 387 g/mol. The van der Waals surface area contributed by atoms with Crippen molar-refractivity contribution in [3.63, 3.8) is 0 Å². The number of para-hydroxylation sites is 1. The van der Waals surface area contributed by atoms with E-state index in [9.17, 15) is 5.11 Å². The first-order valence-electron chi connectivity index (χ1n) is 11.1. The molecule has 26 heavy (non-hydrogen) atoms. The van der Waals surface area contributed by atoms with Crippen LogP contribution in [-0.4, -0.2) is 56.5 Å². The van der Waals surface area contributed by atoms with Gasteiger partial charge in [-0.15, -0.1) is 0 Å². The summed E-state index contributed by atoms with van der Waals surface area (Å²) in [7, 11) is 0. The third kappa shape index (κ3) is 15.7. The van der Waals surface area contributed by atoms with Gasteiger partial charge in [0.15, 0.2) is 0 Å². The van der Waals surface area contributed by atoms with Crippen molar-refractivity contribution in [2.75, 3.05) is 0 Å². The van der Waals surface area contributed by atoms with E-state index in [1.807, 2.05) is 18.2 Å². The summed E-state index contributed by atoms with van der Waals surface area (Å²) in [6, 6.07) is 7.75. The van der Waals surface area contributed by atoms with Crippen LogP contribution in [0, 0.1) is 0 Å². The van der Waals surface area contributed by atoms with Crippen LogP contribution in [0.15, 0.2) is 24.3 Å². The fourth-order valence-electron chi connectivity index (χ4n) is 3.59. The number of phenols is 1. The number of hydrogen-bond acceptors (Lipinski definition) is 1. The van der Waals surface area contributed by atoms with Crippen LogP contribution in [0.5, 0.6) is 5.75 Å². The quantitative estimate of drug-likeness (QED) is 0.216. The number of aryl methyl sites for hydroxylation is 1. The molecule has 0 heterocycles. The molecule has 0 unspecified atom stereocenters. The molecule has 0 aliphatic rings. The van der Waals surface area contributed by atoms with E-state index in [-0.39, 0.29) is 51.4 Å². The van der Waals surface area contributed by atoms with Crippen LogP contribution in [0.1, 0.15) is 115 Å². The molecule has 0 fully saturated rings. The zero-order chi connectivity index (χ0) is 18.0. The van der Waals surface area contributed by atoms with Crippen molar-refractivity contribution >= 4 is 51.4 Å². The molecule has 0 atom stereocenters. The fraction of sp³-hybridized carbons (Fsp3) is 0.750. The van der Waals surface area contributed by atoms with E-state index >= 15 is 0 Å². The summed E-state index contributed by atoms with van der Waals surface area (Å²) in [5, 5.41) is 9.74. The zero-order valence-corrected chi connectivity index (χ0v) is 16.8. The summed E-state index contributed by atoms with van der Waals surface area (Å²) in [6.45, 7) is 2.29. The van der Waals surface area contributed by atoms with Gasteiger partial charge in [-0.05, 0) is 24.5 Å². The molecular weight excluding hydrogens is 343 g/mol. The molecule has 0 saturated carbocycles. The second-order valence-corrected chi connectivity index (χ2v) is 7.68. The monoisotopic (exact) mass is 386 g/mol. The Labute approximate surface area is 206 Å². The van der Waals surface area contributed by atoms with E-state index in [0.29, 0.717) is 5.75 Å². The van der Waals surface area contributed by atoms with E-state index in [0.717, 1.165) is 12.0 Å². The second-order valence-electron chi connectivity index (χ2n) is 7.68. The molecule has 1 nitrogen and oxygen atoms in total. The molecule has 0 spiro atoms. The summed E-state index contributed by atoms with van der Waals surface area (Å²) in [6.07, 6.45) is 23.5. The normalized spacial score (nSPS) is 10.7. The average Bonchev–Trinajstić information content (AvgIpc) is 2.63. The van der Waals surface area contributed by atoms with E-state index in [2.05, 4.69) is 6.92 Å². The second kappa shape index (κ2) is 20.4. The molecule has 0 amide bonds. The molecule has 1 rings (SSSR count). The minimum absolute atomic E-state index is 0. The van der Waals surface area contributed by atoms with Crippen molar-refractivity contribution < 1.29 is 5.11 Å². The van der Waals surface area contributed by atoms with Gasteiger partial charge in [-0.2, -0.15) is 0 Å². The van der Waals surface area contributed by atoms with Crippen LogP contribution in [-0.2, 0) is 6.42 Å². The molecular formula is C24H43KO. The molecule has 0 bridgehead atoms. The van der Waals surface area contributed by atoms with Crippen LogP contribution in [0.3, 0.4) is 0 Å². The predicted octanol–water partition coefficient (Wildman–Crippen LogP) is 7.55. The molecule has 0 aromatic heterocycles. The Hall–Kier alpha value is 0.656. The first-order chi connectivity index (χ1) is 12.3. The molecule has 1 N–H and O–H groups in total. The van der Waals surface area contributed by atoms with E-state index in [4.69, 9.17) is 0 Å². The molecule has 0 aliphatic carbocycles. The summed E-state index contributed by atoms with van der Waals surface area (Å²) in [5.74, 6) is 0.462. The van der Waals surface area contributed by atoms with Crippen LogP contribution in [0.25, 0.3) is 0 Å². The molecule has 0 aliphatic heterocycles. The van der Waals surface area contributed by atoms with Gasteiger partial charge in [0.05, 0.1) is 0 Å². The Bertz CT molecular complexity index is 405. The molecule has 0 saturated heterocycles. The summed E-state index contributed by atoms with van der Waals surface area (Å²) in [5.41, 5.74) is 1.10. The molecule has 1 aromatic rings. The molecule has 0 radical (unpaired) electrons. The Kier molecular flexibility index (Phi) is 20.9. The number of phenolic OH excluding ortho intramolecular Hbond substituents is 1. The number of benzene rings is 1. The predicted molar refractivity (Wildman–Crippen MR) is 119 cm³/mol. The fourth-order valence-corrected chi connectivity index (χ4v) is 3.59. The Morgan fingerprint density at radius 3 is 1.38 bits per heavy atom. The molecule has 2 heteroatoms.